The van der Waals surface area contributed by atoms with Gasteiger partial charge in [0.2, 0.25) is 0 Å². The van der Waals surface area contributed by atoms with E-state index in [0.29, 0.717) is 0 Å². The van der Waals surface area contributed by atoms with Crippen LogP contribution in [0.4, 0.5) is 0 Å². The van der Waals surface area contributed by atoms with Gasteiger partial charge in [-0.3, -0.25) is 0 Å². The zero-order chi connectivity index (χ0) is 18.9. The van der Waals surface area contributed by atoms with Crippen LogP contribution in [0.1, 0.15) is 134 Å². The first-order valence-electron chi connectivity index (χ1n) is 12.0. The first kappa shape index (κ1) is 23.3. The molecule has 0 aliphatic carbocycles. The summed E-state index contributed by atoms with van der Waals surface area (Å²) >= 11 is 0. The number of unbranched alkanes of at least 4 members (excludes halogenated alkanes) is 12. The number of aromatic nitrogens is 1. The molecule has 0 aromatic carbocycles. The Morgan fingerprint density at radius 1 is 0.538 bits per heavy atom. The van der Waals surface area contributed by atoms with Gasteiger partial charge >= 0.3 is 0 Å². The van der Waals surface area contributed by atoms with Gasteiger partial charge in [-0.25, -0.2) is 0 Å². The molecule has 1 rings (SSSR count). The van der Waals surface area contributed by atoms with Crippen LogP contribution in [0.2, 0.25) is 0 Å². The average Bonchev–Trinajstić information content (AvgIpc) is 3.03. The van der Waals surface area contributed by atoms with Crippen LogP contribution in [0.5, 0.6) is 0 Å². The molecule has 1 heterocycles. The molecule has 1 nitrogen and oxygen atoms in total. The van der Waals surface area contributed by atoms with E-state index in [1.165, 1.54) is 121 Å². The fourth-order valence-corrected chi connectivity index (χ4v) is 3.93. The van der Waals surface area contributed by atoms with E-state index in [4.69, 9.17) is 0 Å². The number of H-pyrrole nitrogens is 1. The summed E-state index contributed by atoms with van der Waals surface area (Å²) in [6, 6.07) is 2.51. The first-order valence-corrected chi connectivity index (χ1v) is 12.0. The molecule has 0 spiro atoms. The summed E-state index contributed by atoms with van der Waals surface area (Å²) in [6.07, 6.45) is 24.6. The molecular formula is C25H47N. The van der Waals surface area contributed by atoms with Crippen molar-refractivity contribution in [3.05, 3.63) is 23.0 Å². The minimum atomic E-state index is 1.25. The van der Waals surface area contributed by atoms with Gasteiger partial charge in [-0.05, 0) is 50.2 Å². The maximum Gasteiger partial charge on any atom is 0.0181 e. The van der Waals surface area contributed by atoms with E-state index in [9.17, 15) is 0 Å². The number of nitrogens with one attached hydrogen (secondary N) is 1. The molecule has 0 aliphatic heterocycles. The van der Waals surface area contributed by atoms with Gasteiger partial charge in [0.15, 0.2) is 0 Å². The third-order valence-corrected chi connectivity index (χ3v) is 5.68. The maximum absolute atomic E-state index is 3.82. The molecule has 0 radical (unpaired) electrons. The zero-order valence-electron chi connectivity index (χ0n) is 18.3. The Labute approximate surface area is 164 Å². The van der Waals surface area contributed by atoms with Gasteiger partial charge in [0.25, 0.3) is 0 Å². The van der Waals surface area contributed by atoms with E-state index in [-0.39, 0.29) is 0 Å². The highest BCUT2D eigenvalue weighted by Crippen LogP contribution is 2.20. The van der Waals surface area contributed by atoms with Crippen LogP contribution in [0, 0.1) is 0 Å². The summed E-state index contributed by atoms with van der Waals surface area (Å²) in [5, 5.41) is 0. The van der Waals surface area contributed by atoms with Crippen molar-refractivity contribution >= 4 is 0 Å². The molecular weight excluding hydrogens is 314 g/mol. The lowest BCUT2D eigenvalue weighted by molar-refractivity contribution is 0.617. The van der Waals surface area contributed by atoms with Crippen LogP contribution >= 0.6 is 0 Å². The topological polar surface area (TPSA) is 15.8 Å². The van der Waals surface area contributed by atoms with E-state index in [1.807, 2.05) is 0 Å². The Bertz CT molecular complexity index is 386. The molecule has 0 fully saturated rings. The third-order valence-electron chi connectivity index (χ3n) is 5.68. The summed E-state index contributed by atoms with van der Waals surface area (Å²) in [5.41, 5.74) is 4.72. The molecule has 1 N–H and O–H groups in total. The van der Waals surface area contributed by atoms with Crippen LogP contribution in [-0.2, 0) is 19.3 Å². The van der Waals surface area contributed by atoms with Gasteiger partial charge in [-0.15, -0.1) is 0 Å². The molecule has 0 bridgehead atoms. The second-order valence-corrected chi connectivity index (χ2v) is 8.29. The summed E-state index contributed by atoms with van der Waals surface area (Å²) in [6.45, 7) is 6.90. The highest BCUT2D eigenvalue weighted by Gasteiger charge is 2.08. The summed E-state index contributed by atoms with van der Waals surface area (Å²) in [4.78, 5) is 3.82. The molecule has 1 aromatic heterocycles. The van der Waals surface area contributed by atoms with E-state index in [1.54, 1.807) is 11.3 Å². The SMILES string of the molecule is CCCCCCCc1cc(CCCCCCC)c(CCCCCCC)[nH]1. The fourth-order valence-electron chi connectivity index (χ4n) is 3.93. The molecule has 0 atom stereocenters. The van der Waals surface area contributed by atoms with Crippen molar-refractivity contribution in [3.63, 3.8) is 0 Å². The minimum absolute atomic E-state index is 1.25. The van der Waals surface area contributed by atoms with Crippen molar-refractivity contribution in [2.75, 3.05) is 0 Å². The van der Waals surface area contributed by atoms with Crippen LogP contribution in [0.15, 0.2) is 6.07 Å². The van der Waals surface area contributed by atoms with Gasteiger partial charge in [0.1, 0.15) is 0 Å². The van der Waals surface area contributed by atoms with Gasteiger partial charge < -0.3 is 4.98 Å². The lowest BCUT2D eigenvalue weighted by atomic mass is 10.0. The highest BCUT2D eigenvalue weighted by molar-refractivity contribution is 5.26. The van der Waals surface area contributed by atoms with Crippen LogP contribution in [0.3, 0.4) is 0 Å². The standard InChI is InChI=1S/C25H47N/c1-4-7-10-13-16-19-23-22-24(20-17-14-11-8-5-2)26-25(23)21-18-15-12-9-6-3/h22,26H,4-21H2,1-3H3. The monoisotopic (exact) mass is 361 g/mol. The molecule has 0 saturated heterocycles. The van der Waals surface area contributed by atoms with Crippen LogP contribution < -0.4 is 0 Å². The molecule has 0 unspecified atom stereocenters. The van der Waals surface area contributed by atoms with E-state index in [0.717, 1.165) is 0 Å². The van der Waals surface area contributed by atoms with Crippen LogP contribution in [0.25, 0.3) is 0 Å². The number of aromatic amines is 1. The third kappa shape index (κ3) is 11.1. The normalized spacial score (nSPS) is 11.3. The van der Waals surface area contributed by atoms with Crippen molar-refractivity contribution < 1.29 is 0 Å². The van der Waals surface area contributed by atoms with E-state index in [2.05, 4.69) is 31.8 Å². The van der Waals surface area contributed by atoms with Gasteiger partial charge in [-0.2, -0.15) is 0 Å². The first-order chi connectivity index (χ1) is 12.8. The smallest absolute Gasteiger partial charge is 0.0181 e. The van der Waals surface area contributed by atoms with Crippen molar-refractivity contribution in [1.82, 2.24) is 4.98 Å². The maximum atomic E-state index is 3.82. The van der Waals surface area contributed by atoms with Gasteiger partial charge in [-0.1, -0.05) is 97.8 Å². The average molecular weight is 362 g/mol. The fraction of sp³-hybridized carbons (Fsp3) is 0.840. The Hall–Kier alpha value is -0.720. The summed E-state index contributed by atoms with van der Waals surface area (Å²) in [5.74, 6) is 0. The van der Waals surface area contributed by atoms with Crippen molar-refractivity contribution in [2.45, 2.75) is 136 Å². The summed E-state index contributed by atoms with van der Waals surface area (Å²) in [7, 11) is 0. The number of hydrogen-bond acceptors (Lipinski definition) is 0. The molecule has 1 heteroatoms. The second kappa shape index (κ2) is 16.5. The van der Waals surface area contributed by atoms with Crippen molar-refractivity contribution in [2.24, 2.45) is 0 Å². The Kier molecular flexibility index (Phi) is 14.8. The van der Waals surface area contributed by atoms with Crippen LogP contribution in [-0.4, -0.2) is 4.98 Å². The predicted octanol–water partition coefficient (Wildman–Crippen LogP) is 8.55. The Balaban J connectivity index is 2.44. The number of rotatable bonds is 18. The van der Waals surface area contributed by atoms with Crippen molar-refractivity contribution in [1.29, 1.82) is 0 Å². The largest absolute Gasteiger partial charge is 0.362 e. The molecule has 0 amide bonds. The van der Waals surface area contributed by atoms with E-state index < -0.39 is 0 Å². The quantitative estimate of drug-likeness (QED) is 0.252. The second-order valence-electron chi connectivity index (χ2n) is 8.29. The highest BCUT2D eigenvalue weighted by atomic mass is 14.7. The van der Waals surface area contributed by atoms with E-state index >= 15 is 0 Å². The molecule has 1 aromatic rings. The molecule has 0 saturated carbocycles. The lowest BCUT2D eigenvalue weighted by Gasteiger charge is -2.05. The minimum Gasteiger partial charge on any atom is -0.362 e. The van der Waals surface area contributed by atoms with Gasteiger partial charge in [0.05, 0.1) is 0 Å². The number of hydrogen-bond donors (Lipinski definition) is 1. The molecule has 26 heavy (non-hydrogen) atoms. The predicted molar refractivity (Wildman–Crippen MR) is 118 cm³/mol. The Morgan fingerprint density at radius 2 is 1.00 bits per heavy atom. The van der Waals surface area contributed by atoms with Crippen molar-refractivity contribution in [3.8, 4) is 0 Å². The lowest BCUT2D eigenvalue weighted by Crippen LogP contribution is -1.94. The molecule has 0 aliphatic rings. The van der Waals surface area contributed by atoms with Gasteiger partial charge in [0, 0.05) is 11.4 Å². The zero-order valence-corrected chi connectivity index (χ0v) is 18.3. The Morgan fingerprint density at radius 3 is 1.54 bits per heavy atom. The molecule has 152 valence electrons. The summed E-state index contributed by atoms with van der Waals surface area (Å²) < 4.78 is 0. The number of aryl methyl sites for hydroxylation is 3.